The minimum absolute atomic E-state index is 0.0385. The maximum Gasteiger partial charge on any atom is 0.311 e. The van der Waals surface area contributed by atoms with Crippen LogP contribution in [0.4, 0.5) is 0 Å². The molecule has 20 heavy (non-hydrogen) atoms. The smallest absolute Gasteiger partial charge is 0.311 e. The van der Waals surface area contributed by atoms with E-state index < -0.39 is 11.4 Å². The number of likely N-dealkylation sites (tertiary alicyclic amines) is 1. The van der Waals surface area contributed by atoms with Crippen LogP contribution < -0.4 is 0 Å². The Labute approximate surface area is 118 Å². The molecule has 1 aromatic rings. The van der Waals surface area contributed by atoms with Crippen molar-refractivity contribution >= 4 is 11.9 Å². The van der Waals surface area contributed by atoms with Crippen molar-refractivity contribution in [2.75, 3.05) is 13.1 Å². The van der Waals surface area contributed by atoms with E-state index in [0.717, 1.165) is 11.3 Å². The van der Waals surface area contributed by atoms with E-state index in [1.165, 1.54) is 0 Å². The number of carbonyl (C=O) groups is 2. The van der Waals surface area contributed by atoms with E-state index in [1.807, 2.05) is 26.0 Å². The first kappa shape index (κ1) is 14.5. The van der Waals surface area contributed by atoms with Gasteiger partial charge in [-0.3, -0.25) is 14.6 Å². The first-order chi connectivity index (χ1) is 9.48. The number of carboxylic acids is 1. The Bertz CT molecular complexity index is 530. The summed E-state index contributed by atoms with van der Waals surface area (Å²) in [5, 5.41) is 9.35. The van der Waals surface area contributed by atoms with E-state index in [0.29, 0.717) is 25.9 Å². The van der Waals surface area contributed by atoms with Gasteiger partial charge in [0.15, 0.2) is 0 Å². The van der Waals surface area contributed by atoms with Gasteiger partial charge in [-0.15, -0.1) is 0 Å². The molecule has 0 aliphatic carbocycles. The maximum atomic E-state index is 12.3. The molecule has 0 bridgehead atoms. The van der Waals surface area contributed by atoms with Crippen LogP contribution in [0.5, 0.6) is 0 Å². The Morgan fingerprint density at radius 3 is 2.80 bits per heavy atom. The zero-order valence-corrected chi connectivity index (χ0v) is 11.9. The molecule has 1 aliphatic heterocycles. The normalized spacial score (nSPS) is 22.0. The number of carbonyl (C=O) groups excluding carboxylic acids is 1. The lowest BCUT2D eigenvalue weighted by molar-refractivity contribution is -0.148. The van der Waals surface area contributed by atoms with Gasteiger partial charge in [0.2, 0.25) is 5.91 Å². The third-order valence-electron chi connectivity index (χ3n) is 4.27. The number of amides is 1. The van der Waals surface area contributed by atoms with Gasteiger partial charge in [0.1, 0.15) is 0 Å². The third-order valence-corrected chi connectivity index (χ3v) is 4.27. The molecular formula is C15H20N2O3. The van der Waals surface area contributed by atoms with Gasteiger partial charge in [0.25, 0.3) is 0 Å². The lowest BCUT2D eigenvalue weighted by Crippen LogP contribution is -2.37. The molecule has 1 saturated heterocycles. The summed E-state index contributed by atoms with van der Waals surface area (Å²) in [6, 6.07) is 3.76. The van der Waals surface area contributed by atoms with Gasteiger partial charge in [-0.1, -0.05) is 13.0 Å². The lowest BCUT2D eigenvalue weighted by Gasteiger charge is -2.23. The van der Waals surface area contributed by atoms with E-state index in [4.69, 9.17) is 0 Å². The van der Waals surface area contributed by atoms with Crippen LogP contribution in [-0.2, 0) is 16.0 Å². The highest BCUT2D eigenvalue weighted by Gasteiger charge is 2.44. The highest BCUT2D eigenvalue weighted by Crippen LogP contribution is 2.34. The zero-order chi connectivity index (χ0) is 14.8. The van der Waals surface area contributed by atoms with Crippen molar-refractivity contribution in [3.8, 4) is 0 Å². The van der Waals surface area contributed by atoms with Crippen LogP contribution in [0.25, 0.3) is 0 Å². The monoisotopic (exact) mass is 276 g/mol. The summed E-state index contributed by atoms with van der Waals surface area (Å²) in [7, 11) is 0. The lowest BCUT2D eigenvalue weighted by atomic mass is 9.84. The van der Waals surface area contributed by atoms with Gasteiger partial charge in [-0.2, -0.15) is 0 Å². The highest BCUT2D eigenvalue weighted by atomic mass is 16.4. The minimum Gasteiger partial charge on any atom is -0.481 e. The molecule has 1 fully saturated rings. The van der Waals surface area contributed by atoms with Gasteiger partial charge in [0, 0.05) is 19.3 Å². The molecule has 5 nitrogen and oxygen atoms in total. The largest absolute Gasteiger partial charge is 0.481 e. The number of aryl methyl sites for hydroxylation is 1. The molecule has 1 aromatic heterocycles. The molecule has 1 atom stereocenters. The van der Waals surface area contributed by atoms with Crippen LogP contribution in [-0.4, -0.2) is 40.0 Å². The van der Waals surface area contributed by atoms with Crippen molar-refractivity contribution in [2.24, 2.45) is 5.41 Å². The molecule has 1 amide bonds. The van der Waals surface area contributed by atoms with Gasteiger partial charge < -0.3 is 10.0 Å². The second kappa shape index (κ2) is 5.61. The second-order valence-corrected chi connectivity index (χ2v) is 5.45. The topological polar surface area (TPSA) is 70.5 Å². The fourth-order valence-electron chi connectivity index (χ4n) is 2.66. The summed E-state index contributed by atoms with van der Waals surface area (Å²) in [4.78, 5) is 29.5. The summed E-state index contributed by atoms with van der Waals surface area (Å²) in [5.41, 5.74) is 0.983. The van der Waals surface area contributed by atoms with E-state index >= 15 is 0 Å². The van der Waals surface area contributed by atoms with Crippen LogP contribution >= 0.6 is 0 Å². The van der Waals surface area contributed by atoms with Crippen LogP contribution in [0, 0.1) is 12.3 Å². The van der Waals surface area contributed by atoms with E-state index in [2.05, 4.69) is 4.98 Å². The van der Waals surface area contributed by atoms with Crippen molar-refractivity contribution in [1.82, 2.24) is 9.88 Å². The highest BCUT2D eigenvalue weighted by molar-refractivity contribution is 5.82. The fourth-order valence-corrected chi connectivity index (χ4v) is 2.66. The summed E-state index contributed by atoms with van der Waals surface area (Å²) in [6.45, 7) is 4.62. The summed E-state index contributed by atoms with van der Waals surface area (Å²) >= 11 is 0. The van der Waals surface area contributed by atoms with Gasteiger partial charge in [-0.05, 0) is 31.4 Å². The molecule has 1 N–H and O–H groups in total. The fraction of sp³-hybridized carbons (Fsp3) is 0.533. The van der Waals surface area contributed by atoms with Crippen LogP contribution in [0.1, 0.15) is 31.0 Å². The SMILES string of the molecule is CCC1(C(=O)O)CCN(C(=O)Cc2ncccc2C)C1. The quantitative estimate of drug-likeness (QED) is 0.907. The number of carboxylic acid groups (broad SMARTS) is 1. The number of aromatic nitrogens is 1. The van der Waals surface area contributed by atoms with Crippen molar-refractivity contribution in [2.45, 2.75) is 33.1 Å². The first-order valence-electron chi connectivity index (χ1n) is 6.90. The Morgan fingerprint density at radius 2 is 2.25 bits per heavy atom. The molecule has 0 saturated carbocycles. The van der Waals surface area contributed by atoms with E-state index in [-0.39, 0.29) is 12.3 Å². The van der Waals surface area contributed by atoms with Crippen LogP contribution in [0.3, 0.4) is 0 Å². The Balaban J connectivity index is 2.05. The standard InChI is InChI=1S/C15H20N2O3/c1-3-15(14(19)20)6-8-17(10-15)13(18)9-12-11(2)5-4-7-16-12/h4-5,7H,3,6,8-10H2,1-2H3,(H,19,20). The zero-order valence-electron chi connectivity index (χ0n) is 11.9. The minimum atomic E-state index is -0.802. The number of hydrogen-bond donors (Lipinski definition) is 1. The summed E-state index contributed by atoms with van der Waals surface area (Å²) < 4.78 is 0. The molecule has 5 heteroatoms. The number of pyridine rings is 1. The van der Waals surface area contributed by atoms with Gasteiger partial charge >= 0.3 is 5.97 Å². The van der Waals surface area contributed by atoms with Crippen molar-refractivity contribution in [1.29, 1.82) is 0 Å². The molecule has 2 heterocycles. The number of rotatable bonds is 4. The molecule has 0 aromatic carbocycles. The van der Waals surface area contributed by atoms with Crippen molar-refractivity contribution in [3.05, 3.63) is 29.6 Å². The molecule has 1 aliphatic rings. The molecular weight excluding hydrogens is 256 g/mol. The van der Waals surface area contributed by atoms with Gasteiger partial charge in [-0.25, -0.2) is 0 Å². The summed E-state index contributed by atoms with van der Waals surface area (Å²) in [6.07, 6.45) is 3.00. The van der Waals surface area contributed by atoms with E-state index in [9.17, 15) is 14.7 Å². The van der Waals surface area contributed by atoms with Crippen LogP contribution in [0.15, 0.2) is 18.3 Å². The third kappa shape index (κ3) is 2.66. The summed E-state index contributed by atoms with van der Waals surface area (Å²) in [5.74, 6) is -0.840. The average molecular weight is 276 g/mol. The van der Waals surface area contributed by atoms with Crippen molar-refractivity contribution in [3.63, 3.8) is 0 Å². The Kier molecular flexibility index (Phi) is 4.06. The number of nitrogens with zero attached hydrogens (tertiary/aromatic N) is 2. The molecule has 0 radical (unpaired) electrons. The number of aliphatic carboxylic acids is 1. The van der Waals surface area contributed by atoms with Gasteiger partial charge in [0.05, 0.1) is 17.5 Å². The predicted octanol–water partition coefficient (Wildman–Crippen LogP) is 1.65. The van der Waals surface area contributed by atoms with Crippen molar-refractivity contribution < 1.29 is 14.7 Å². The molecule has 108 valence electrons. The number of hydrogen-bond acceptors (Lipinski definition) is 3. The maximum absolute atomic E-state index is 12.3. The molecule has 1 unspecified atom stereocenters. The Morgan fingerprint density at radius 1 is 1.50 bits per heavy atom. The average Bonchev–Trinajstić information content (AvgIpc) is 2.87. The van der Waals surface area contributed by atoms with E-state index in [1.54, 1.807) is 11.1 Å². The predicted molar refractivity (Wildman–Crippen MR) is 74.2 cm³/mol. The Hall–Kier alpha value is -1.91. The van der Waals surface area contributed by atoms with Crippen LogP contribution in [0.2, 0.25) is 0 Å². The molecule has 2 rings (SSSR count). The molecule has 0 spiro atoms. The second-order valence-electron chi connectivity index (χ2n) is 5.45. The first-order valence-corrected chi connectivity index (χ1v) is 6.90.